The van der Waals surface area contributed by atoms with Crippen LogP contribution in [0, 0.1) is 10.1 Å². The Labute approximate surface area is 108 Å². The van der Waals surface area contributed by atoms with Crippen molar-refractivity contribution in [1.82, 2.24) is 14.8 Å². The average molecular weight is 322 g/mol. The van der Waals surface area contributed by atoms with Crippen molar-refractivity contribution in [2.75, 3.05) is 18.5 Å². The van der Waals surface area contributed by atoms with Crippen LogP contribution < -0.4 is 10.9 Å². The van der Waals surface area contributed by atoms with Crippen LogP contribution >= 0.6 is 15.9 Å². The van der Waals surface area contributed by atoms with Crippen LogP contribution in [0.3, 0.4) is 0 Å². The molecule has 1 aromatic heterocycles. The van der Waals surface area contributed by atoms with E-state index in [9.17, 15) is 20.0 Å². The molecule has 0 aliphatic carbocycles. The lowest BCUT2D eigenvalue weighted by molar-refractivity contribution is -0.484. The summed E-state index contributed by atoms with van der Waals surface area (Å²) in [4.78, 5) is 24.4. The molecule has 0 bridgehead atoms. The van der Waals surface area contributed by atoms with Crippen LogP contribution in [-0.4, -0.2) is 44.2 Å². The number of fused-ring (bicyclic) bond motifs is 1. The number of nitrogens with zero attached hydrogens (tertiary/aromatic N) is 4. The van der Waals surface area contributed by atoms with Gasteiger partial charge >= 0.3 is 5.56 Å². The molecule has 98 valence electrons. The lowest BCUT2D eigenvalue weighted by Gasteiger charge is -2.13. The number of hydrogen-bond donors (Lipinski definition) is 2. The van der Waals surface area contributed by atoms with E-state index in [0.29, 0.717) is 0 Å². The van der Waals surface area contributed by atoms with E-state index in [1.165, 1.54) is 0 Å². The third-order valence-corrected chi connectivity index (χ3v) is 2.66. The smallest absolute Gasteiger partial charge is 0.307 e. The minimum atomic E-state index is -1.21. The van der Waals surface area contributed by atoms with E-state index in [4.69, 9.17) is 4.74 Å². The molecule has 1 aromatic rings. The van der Waals surface area contributed by atoms with Gasteiger partial charge in [0.15, 0.2) is 17.1 Å². The van der Waals surface area contributed by atoms with Gasteiger partial charge in [-0.25, -0.2) is 0 Å². The number of anilines is 1. The number of halogens is 1. The van der Waals surface area contributed by atoms with E-state index < -0.39 is 22.9 Å². The van der Waals surface area contributed by atoms with Crippen molar-refractivity contribution >= 4 is 21.9 Å². The monoisotopic (exact) mass is 321 g/mol. The summed E-state index contributed by atoms with van der Waals surface area (Å²) in [7, 11) is 0. The maximum atomic E-state index is 11.2. The van der Waals surface area contributed by atoms with Crippen LogP contribution in [-0.2, 0) is 4.74 Å². The molecule has 2 heterocycles. The van der Waals surface area contributed by atoms with Crippen molar-refractivity contribution < 1.29 is 14.8 Å². The first-order valence-electron chi connectivity index (χ1n) is 4.83. The summed E-state index contributed by atoms with van der Waals surface area (Å²) in [5, 5.41) is 26.3. The van der Waals surface area contributed by atoms with Gasteiger partial charge in [-0.2, -0.15) is 14.8 Å². The summed E-state index contributed by atoms with van der Waals surface area (Å²) in [6, 6.07) is 0. The van der Waals surface area contributed by atoms with Gasteiger partial charge in [-0.15, -0.1) is 0 Å². The van der Waals surface area contributed by atoms with Crippen molar-refractivity contribution in [3.05, 3.63) is 25.1 Å². The molecule has 1 aliphatic rings. The van der Waals surface area contributed by atoms with Crippen LogP contribution in [0.15, 0.2) is 9.40 Å². The quantitative estimate of drug-likeness (QED) is 0.529. The van der Waals surface area contributed by atoms with Crippen LogP contribution in [0.5, 0.6) is 0 Å². The predicted octanol–water partition coefficient (Wildman–Crippen LogP) is -1.06. The molecule has 0 aromatic carbocycles. The molecule has 0 unspecified atom stereocenters. The minimum absolute atomic E-state index is 0.0433. The SMILES string of the molecule is O=c1nc2n(nc1Br)[C@H](O)[C@@H](OCC[N+](=O)[O-])N2. The topological polar surface area (TPSA) is 132 Å². The molecule has 11 heteroatoms. The van der Waals surface area contributed by atoms with Crippen molar-refractivity contribution in [1.29, 1.82) is 0 Å². The molecular formula is C7H8BrN5O5. The third kappa shape index (κ3) is 2.47. The fourth-order valence-electron chi connectivity index (χ4n) is 1.37. The fraction of sp³-hybridized carbons (Fsp3) is 0.571. The molecule has 10 nitrogen and oxygen atoms in total. The Balaban J connectivity index is 2.08. The number of nitro groups is 1. The number of hydrogen-bond acceptors (Lipinski definition) is 8. The fourth-order valence-corrected chi connectivity index (χ4v) is 1.63. The zero-order chi connectivity index (χ0) is 13.3. The third-order valence-electron chi connectivity index (χ3n) is 2.16. The molecule has 0 spiro atoms. The number of rotatable bonds is 4. The van der Waals surface area contributed by atoms with Crippen molar-refractivity contribution in [3.63, 3.8) is 0 Å². The molecule has 2 atom stereocenters. The van der Waals surface area contributed by atoms with Gasteiger partial charge in [0.1, 0.15) is 6.61 Å². The molecule has 2 rings (SSSR count). The molecular weight excluding hydrogens is 314 g/mol. The molecule has 0 saturated carbocycles. The average Bonchev–Trinajstić information content (AvgIpc) is 2.57. The van der Waals surface area contributed by atoms with Gasteiger partial charge in [0.25, 0.3) is 0 Å². The van der Waals surface area contributed by atoms with E-state index >= 15 is 0 Å². The van der Waals surface area contributed by atoms with Crippen LogP contribution in [0.1, 0.15) is 6.23 Å². The molecule has 0 fully saturated rings. The molecule has 2 N–H and O–H groups in total. The second-order valence-corrected chi connectivity index (χ2v) is 4.13. The lowest BCUT2D eigenvalue weighted by Crippen LogP contribution is -2.28. The standard InChI is InChI=1S/C7H8BrN5O5/c8-3-4(14)9-7-10-5(6(15)13(7)11-3)18-2-1-12(16)17/h5-6,15H,1-2H2,(H,9,10,14)/t5-,6-/m1/s1. The molecule has 0 amide bonds. The van der Waals surface area contributed by atoms with E-state index in [1.54, 1.807) is 0 Å². The summed E-state index contributed by atoms with van der Waals surface area (Å²) in [5.74, 6) is 0.0433. The number of aliphatic hydroxyl groups is 1. The second kappa shape index (κ2) is 4.96. The first-order valence-corrected chi connectivity index (χ1v) is 5.62. The highest BCUT2D eigenvalue weighted by Crippen LogP contribution is 2.23. The Kier molecular flexibility index (Phi) is 3.54. The highest BCUT2D eigenvalue weighted by molar-refractivity contribution is 9.10. The van der Waals surface area contributed by atoms with Gasteiger partial charge < -0.3 is 15.2 Å². The van der Waals surface area contributed by atoms with Gasteiger partial charge in [-0.3, -0.25) is 14.9 Å². The number of ether oxygens (including phenoxy) is 1. The number of aromatic nitrogens is 3. The largest absolute Gasteiger partial charge is 0.368 e. The Bertz CT molecular complexity index is 533. The summed E-state index contributed by atoms with van der Waals surface area (Å²) >= 11 is 2.89. The Morgan fingerprint density at radius 1 is 1.67 bits per heavy atom. The van der Waals surface area contributed by atoms with Crippen molar-refractivity contribution in [2.24, 2.45) is 0 Å². The summed E-state index contributed by atoms with van der Waals surface area (Å²) in [6.07, 6.45) is -2.14. The Morgan fingerprint density at radius 2 is 2.39 bits per heavy atom. The van der Waals surface area contributed by atoms with Crippen LogP contribution in [0.4, 0.5) is 5.95 Å². The lowest BCUT2D eigenvalue weighted by atomic mass is 10.5. The van der Waals surface area contributed by atoms with Crippen LogP contribution in [0.25, 0.3) is 0 Å². The molecule has 0 saturated heterocycles. The van der Waals surface area contributed by atoms with Gasteiger partial charge in [0.2, 0.25) is 12.5 Å². The number of aliphatic hydroxyl groups excluding tert-OH is 1. The van der Waals surface area contributed by atoms with Gasteiger partial charge in [-0.05, 0) is 15.9 Å². The predicted molar refractivity (Wildman–Crippen MR) is 60.5 cm³/mol. The maximum absolute atomic E-state index is 11.2. The normalized spacial score (nSPS) is 21.4. The van der Waals surface area contributed by atoms with E-state index in [-0.39, 0.29) is 23.7 Å². The highest BCUT2D eigenvalue weighted by atomic mass is 79.9. The second-order valence-electron chi connectivity index (χ2n) is 3.38. The Hall–Kier alpha value is -1.59. The summed E-state index contributed by atoms with van der Waals surface area (Å²) < 4.78 is 6.08. The van der Waals surface area contributed by atoms with Crippen LogP contribution in [0.2, 0.25) is 0 Å². The maximum Gasteiger partial charge on any atom is 0.307 e. The molecule has 0 radical (unpaired) electrons. The zero-order valence-corrected chi connectivity index (χ0v) is 10.4. The van der Waals surface area contributed by atoms with Gasteiger partial charge in [0.05, 0.1) is 0 Å². The summed E-state index contributed by atoms with van der Waals surface area (Å²) in [6.45, 7) is -0.565. The van der Waals surface area contributed by atoms with E-state index in [1.807, 2.05) is 0 Å². The zero-order valence-electron chi connectivity index (χ0n) is 8.82. The Morgan fingerprint density at radius 3 is 3.06 bits per heavy atom. The first kappa shape index (κ1) is 12.9. The van der Waals surface area contributed by atoms with Crippen molar-refractivity contribution in [3.8, 4) is 0 Å². The van der Waals surface area contributed by atoms with Gasteiger partial charge in [-0.1, -0.05) is 0 Å². The van der Waals surface area contributed by atoms with E-state index in [2.05, 4.69) is 31.3 Å². The summed E-state index contributed by atoms with van der Waals surface area (Å²) in [5.41, 5.74) is -0.591. The molecule has 1 aliphatic heterocycles. The first-order chi connectivity index (χ1) is 8.49. The van der Waals surface area contributed by atoms with Gasteiger partial charge in [0, 0.05) is 4.92 Å². The minimum Gasteiger partial charge on any atom is -0.368 e. The highest BCUT2D eigenvalue weighted by Gasteiger charge is 2.33. The molecule has 18 heavy (non-hydrogen) atoms. The van der Waals surface area contributed by atoms with E-state index in [0.717, 1.165) is 4.68 Å². The number of nitrogens with one attached hydrogen (secondary N) is 1. The van der Waals surface area contributed by atoms with Crippen molar-refractivity contribution in [2.45, 2.75) is 12.5 Å².